The summed E-state index contributed by atoms with van der Waals surface area (Å²) in [5, 5.41) is 0. The minimum absolute atomic E-state index is 0.832. The van der Waals surface area contributed by atoms with Crippen LogP contribution in [0.2, 0.25) is 0 Å². The van der Waals surface area contributed by atoms with E-state index in [0.29, 0.717) is 0 Å². The molecule has 3 rings (SSSR count). The van der Waals surface area contributed by atoms with Crippen LogP contribution in [0.5, 0.6) is 0 Å². The van der Waals surface area contributed by atoms with Gasteiger partial charge in [-0.15, -0.1) is 0 Å². The molecule has 2 bridgehead atoms. The first-order chi connectivity index (χ1) is 7.74. The molecule has 2 fully saturated rings. The molecular formula is C13H17BrN2. The fraction of sp³-hybridized carbons (Fsp3) is 0.538. The van der Waals surface area contributed by atoms with Crippen LogP contribution in [0.15, 0.2) is 22.7 Å². The third kappa shape index (κ3) is 1.76. The van der Waals surface area contributed by atoms with Crippen LogP contribution in [-0.2, 0) is 6.54 Å². The quantitative estimate of drug-likeness (QED) is 0.844. The zero-order valence-corrected chi connectivity index (χ0v) is 10.9. The van der Waals surface area contributed by atoms with Crippen molar-refractivity contribution in [3.05, 3.63) is 28.2 Å². The molecule has 1 aliphatic heterocycles. The lowest BCUT2D eigenvalue weighted by molar-refractivity contribution is 0.205. The summed E-state index contributed by atoms with van der Waals surface area (Å²) in [6.45, 7) is 2.33. The maximum Gasteiger partial charge on any atom is 0.0461 e. The summed E-state index contributed by atoms with van der Waals surface area (Å²) in [7, 11) is 0. The Hall–Kier alpha value is -0.540. The van der Waals surface area contributed by atoms with E-state index in [1.54, 1.807) is 0 Å². The molecule has 2 nitrogen and oxygen atoms in total. The van der Waals surface area contributed by atoms with Crippen LogP contribution < -0.4 is 5.73 Å². The third-order valence-corrected chi connectivity index (χ3v) is 4.97. The average molecular weight is 281 g/mol. The van der Waals surface area contributed by atoms with E-state index in [2.05, 4.69) is 26.9 Å². The summed E-state index contributed by atoms with van der Waals surface area (Å²) in [6, 6.07) is 7.00. The van der Waals surface area contributed by atoms with E-state index < -0.39 is 0 Å². The van der Waals surface area contributed by atoms with Crippen LogP contribution in [0.4, 0.5) is 5.69 Å². The summed E-state index contributed by atoms with van der Waals surface area (Å²) in [6.07, 6.45) is 4.25. The van der Waals surface area contributed by atoms with E-state index in [0.717, 1.165) is 28.7 Å². The number of benzene rings is 1. The van der Waals surface area contributed by atoms with Crippen molar-refractivity contribution in [1.82, 2.24) is 4.90 Å². The van der Waals surface area contributed by atoms with Gasteiger partial charge < -0.3 is 5.73 Å². The van der Waals surface area contributed by atoms with Crippen LogP contribution in [-0.4, -0.2) is 17.5 Å². The Bertz CT molecular complexity index is 405. The van der Waals surface area contributed by atoms with Crippen molar-refractivity contribution >= 4 is 21.6 Å². The highest BCUT2D eigenvalue weighted by Gasteiger charge is 2.37. The van der Waals surface area contributed by atoms with Crippen LogP contribution in [0.25, 0.3) is 0 Å². The Balaban J connectivity index is 1.77. The maximum absolute atomic E-state index is 5.91. The molecule has 2 unspecified atom stereocenters. The highest BCUT2D eigenvalue weighted by molar-refractivity contribution is 9.10. The second-order valence-electron chi connectivity index (χ2n) is 5.08. The molecule has 2 atom stereocenters. The Morgan fingerprint density at radius 2 is 2.25 bits per heavy atom. The number of fused-ring (bicyclic) bond motifs is 2. The number of likely N-dealkylation sites (tertiary alicyclic amines) is 1. The van der Waals surface area contributed by atoms with Crippen molar-refractivity contribution in [2.45, 2.75) is 31.8 Å². The number of nitrogens with zero attached hydrogens (tertiary/aromatic N) is 1. The second kappa shape index (κ2) is 4.04. The van der Waals surface area contributed by atoms with Crippen molar-refractivity contribution in [1.29, 1.82) is 0 Å². The third-order valence-electron chi connectivity index (χ3n) is 4.00. The van der Waals surface area contributed by atoms with Gasteiger partial charge in [-0.05, 0) is 52.7 Å². The Kier molecular flexibility index (Phi) is 2.68. The molecule has 1 saturated heterocycles. The molecule has 0 amide bonds. The zero-order chi connectivity index (χ0) is 11.1. The molecule has 2 N–H and O–H groups in total. The minimum atomic E-state index is 0.832. The van der Waals surface area contributed by atoms with E-state index in [4.69, 9.17) is 5.73 Å². The van der Waals surface area contributed by atoms with Crippen molar-refractivity contribution in [3.63, 3.8) is 0 Å². The van der Waals surface area contributed by atoms with Gasteiger partial charge in [-0.1, -0.05) is 12.1 Å². The lowest BCUT2D eigenvalue weighted by Gasteiger charge is -2.27. The Labute approximate surface area is 105 Å². The number of nitrogen functional groups attached to an aromatic ring is 1. The van der Waals surface area contributed by atoms with Crippen LogP contribution in [0.1, 0.15) is 24.8 Å². The molecule has 0 aromatic heterocycles. The standard InChI is InChI=1S/C13H17BrN2/c14-13-10(2-1-3-12(13)15)8-16-7-9-4-5-11(16)6-9/h1-3,9,11H,4-8,15H2. The monoisotopic (exact) mass is 280 g/mol. The Morgan fingerprint density at radius 1 is 1.38 bits per heavy atom. The number of hydrogen-bond donors (Lipinski definition) is 1. The summed E-state index contributed by atoms with van der Waals surface area (Å²) in [5.74, 6) is 0.963. The van der Waals surface area contributed by atoms with Crippen molar-refractivity contribution in [3.8, 4) is 0 Å². The highest BCUT2D eigenvalue weighted by atomic mass is 79.9. The first-order valence-electron chi connectivity index (χ1n) is 6.01. The number of halogens is 1. The SMILES string of the molecule is Nc1cccc(CN2CC3CCC2C3)c1Br. The lowest BCUT2D eigenvalue weighted by Crippen LogP contribution is -2.31. The molecule has 1 saturated carbocycles. The molecule has 1 heterocycles. The predicted molar refractivity (Wildman–Crippen MR) is 70.1 cm³/mol. The minimum Gasteiger partial charge on any atom is -0.398 e. The predicted octanol–water partition coefficient (Wildman–Crippen LogP) is 3.02. The molecule has 1 aliphatic carbocycles. The molecule has 1 aromatic carbocycles. The van der Waals surface area contributed by atoms with E-state index >= 15 is 0 Å². The molecular weight excluding hydrogens is 264 g/mol. The van der Waals surface area contributed by atoms with Gasteiger partial charge in [0.15, 0.2) is 0 Å². The van der Waals surface area contributed by atoms with E-state index in [-0.39, 0.29) is 0 Å². The first kappa shape index (κ1) is 10.6. The van der Waals surface area contributed by atoms with Crippen LogP contribution in [0, 0.1) is 5.92 Å². The van der Waals surface area contributed by atoms with E-state index in [9.17, 15) is 0 Å². The summed E-state index contributed by atoms with van der Waals surface area (Å²) in [4.78, 5) is 2.62. The molecule has 1 aromatic rings. The number of rotatable bonds is 2. The lowest BCUT2D eigenvalue weighted by atomic mass is 10.1. The molecule has 0 radical (unpaired) electrons. The molecule has 3 heteroatoms. The van der Waals surface area contributed by atoms with Gasteiger partial charge in [0.25, 0.3) is 0 Å². The molecule has 0 spiro atoms. The van der Waals surface area contributed by atoms with Crippen LogP contribution in [0.3, 0.4) is 0 Å². The van der Waals surface area contributed by atoms with Gasteiger partial charge in [-0.2, -0.15) is 0 Å². The van der Waals surface area contributed by atoms with Crippen LogP contribution >= 0.6 is 15.9 Å². The smallest absolute Gasteiger partial charge is 0.0461 e. The summed E-state index contributed by atoms with van der Waals surface area (Å²) in [5.41, 5.74) is 8.08. The van der Waals surface area contributed by atoms with Gasteiger partial charge in [0.05, 0.1) is 0 Å². The van der Waals surface area contributed by atoms with Gasteiger partial charge in [-0.3, -0.25) is 4.90 Å². The summed E-state index contributed by atoms with van der Waals surface area (Å²) >= 11 is 3.59. The highest BCUT2D eigenvalue weighted by Crippen LogP contribution is 2.39. The van der Waals surface area contributed by atoms with Crippen molar-refractivity contribution in [2.24, 2.45) is 5.92 Å². The summed E-state index contributed by atoms with van der Waals surface area (Å²) < 4.78 is 1.08. The molecule has 2 aliphatic rings. The average Bonchev–Trinajstić information content (AvgIpc) is 2.86. The zero-order valence-electron chi connectivity index (χ0n) is 9.32. The van der Waals surface area contributed by atoms with Gasteiger partial charge in [0, 0.05) is 29.3 Å². The number of piperidine rings is 1. The fourth-order valence-electron chi connectivity index (χ4n) is 3.16. The fourth-order valence-corrected chi connectivity index (χ4v) is 3.55. The van der Waals surface area contributed by atoms with Crippen molar-refractivity contribution < 1.29 is 0 Å². The number of nitrogens with two attached hydrogens (primary N) is 1. The molecule has 16 heavy (non-hydrogen) atoms. The van der Waals surface area contributed by atoms with Gasteiger partial charge in [0.1, 0.15) is 0 Å². The van der Waals surface area contributed by atoms with E-state index in [1.807, 2.05) is 12.1 Å². The van der Waals surface area contributed by atoms with Gasteiger partial charge in [-0.25, -0.2) is 0 Å². The Morgan fingerprint density at radius 3 is 2.94 bits per heavy atom. The van der Waals surface area contributed by atoms with Gasteiger partial charge in [0.2, 0.25) is 0 Å². The normalized spacial score (nSPS) is 28.8. The van der Waals surface area contributed by atoms with Gasteiger partial charge >= 0.3 is 0 Å². The largest absolute Gasteiger partial charge is 0.398 e. The first-order valence-corrected chi connectivity index (χ1v) is 6.80. The number of hydrogen-bond acceptors (Lipinski definition) is 2. The molecule has 86 valence electrons. The maximum atomic E-state index is 5.91. The second-order valence-corrected chi connectivity index (χ2v) is 5.88. The van der Waals surface area contributed by atoms with Crippen molar-refractivity contribution in [2.75, 3.05) is 12.3 Å². The number of anilines is 1. The van der Waals surface area contributed by atoms with E-state index in [1.165, 1.54) is 31.4 Å². The topological polar surface area (TPSA) is 29.3 Å².